The first-order valence-corrected chi connectivity index (χ1v) is 6.51. The van der Waals surface area contributed by atoms with Gasteiger partial charge in [-0.05, 0) is 25.7 Å². The van der Waals surface area contributed by atoms with E-state index in [1.807, 2.05) is 6.92 Å². The van der Waals surface area contributed by atoms with Crippen molar-refractivity contribution in [1.29, 1.82) is 0 Å². The molecule has 9 heteroatoms. The SMILES string of the molecule is COC(=O)c1c(NCC(F)(F)F)nn(C(C)C2CC2)c1N. The lowest BCUT2D eigenvalue weighted by Gasteiger charge is -2.12. The van der Waals surface area contributed by atoms with Crippen LogP contribution in [0.1, 0.15) is 36.2 Å². The first kappa shape index (κ1) is 15.5. The largest absolute Gasteiger partial charge is 0.465 e. The Morgan fingerprint density at radius 3 is 2.67 bits per heavy atom. The van der Waals surface area contributed by atoms with Crippen LogP contribution >= 0.6 is 0 Å². The van der Waals surface area contributed by atoms with Crippen LogP contribution in [0.15, 0.2) is 0 Å². The number of carbonyl (C=O) groups is 1. The van der Waals surface area contributed by atoms with Gasteiger partial charge in [0.05, 0.1) is 13.2 Å². The molecule has 0 saturated heterocycles. The van der Waals surface area contributed by atoms with Crippen molar-refractivity contribution in [3.8, 4) is 0 Å². The Labute approximate surface area is 119 Å². The molecular weight excluding hydrogens is 289 g/mol. The Hall–Kier alpha value is -1.93. The zero-order valence-corrected chi connectivity index (χ0v) is 11.7. The Morgan fingerprint density at radius 1 is 1.57 bits per heavy atom. The fraction of sp³-hybridized carbons (Fsp3) is 0.667. The zero-order valence-electron chi connectivity index (χ0n) is 11.7. The Balaban J connectivity index is 2.32. The molecule has 1 unspecified atom stereocenters. The summed E-state index contributed by atoms with van der Waals surface area (Å²) in [5.41, 5.74) is 5.71. The number of alkyl halides is 3. The molecule has 0 bridgehead atoms. The summed E-state index contributed by atoms with van der Waals surface area (Å²) >= 11 is 0. The number of halogens is 3. The minimum Gasteiger partial charge on any atom is -0.465 e. The molecule has 1 atom stereocenters. The molecule has 1 aliphatic rings. The van der Waals surface area contributed by atoms with Gasteiger partial charge in [0.25, 0.3) is 0 Å². The number of nitrogens with zero attached hydrogens (tertiary/aromatic N) is 2. The summed E-state index contributed by atoms with van der Waals surface area (Å²) < 4.78 is 42.9. The number of hydrogen-bond donors (Lipinski definition) is 2. The predicted octanol–water partition coefficient (Wildman–Crippen LogP) is 2.20. The van der Waals surface area contributed by atoms with Gasteiger partial charge in [-0.15, -0.1) is 0 Å². The third kappa shape index (κ3) is 3.40. The van der Waals surface area contributed by atoms with Gasteiger partial charge in [-0.25, -0.2) is 9.48 Å². The summed E-state index contributed by atoms with van der Waals surface area (Å²) in [7, 11) is 1.14. The molecule has 1 fully saturated rings. The van der Waals surface area contributed by atoms with Crippen molar-refractivity contribution < 1.29 is 22.7 Å². The molecule has 3 N–H and O–H groups in total. The molecule has 1 heterocycles. The smallest absolute Gasteiger partial charge is 0.405 e. The van der Waals surface area contributed by atoms with Gasteiger partial charge in [0.15, 0.2) is 5.82 Å². The van der Waals surface area contributed by atoms with Gasteiger partial charge in [-0.3, -0.25) is 0 Å². The monoisotopic (exact) mass is 306 g/mol. The molecular formula is C12H17F3N4O2. The van der Waals surface area contributed by atoms with Gasteiger partial charge in [0.2, 0.25) is 0 Å². The van der Waals surface area contributed by atoms with Gasteiger partial charge >= 0.3 is 12.1 Å². The fourth-order valence-corrected chi connectivity index (χ4v) is 2.15. The number of ether oxygens (including phenoxy) is 1. The van der Waals surface area contributed by atoms with Crippen molar-refractivity contribution >= 4 is 17.6 Å². The summed E-state index contributed by atoms with van der Waals surface area (Å²) in [5, 5.41) is 6.13. The molecule has 0 radical (unpaired) electrons. The number of anilines is 2. The number of methoxy groups -OCH3 is 1. The number of nitrogen functional groups attached to an aromatic ring is 1. The van der Waals surface area contributed by atoms with Gasteiger partial charge in [0.1, 0.15) is 17.9 Å². The van der Waals surface area contributed by atoms with E-state index in [0.29, 0.717) is 5.92 Å². The van der Waals surface area contributed by atoms with Gasteiger partial charge in [-0.1, -0.05) is 0 Å². The number of nitrogens with two attached hydrogens (primary N) is 1. The molecule has 1 aromatic heterocycles. The van der Waals surface area contributed by atoms with E-state index in [9.17, 15) is 18.0 Å². The summed E-state index contributed by atoms with van der Waals surface area (Å²) in [5.74, 6) is -0.616. The number of hydrogen-bond acceptors (Lipinski definition) is 5. The van der Waals surface area contributed by atoms with Crippen molar-refractivity contribution in [2.24, 2.45) is 5.92 Å². The lowest BCUT2D eigenvalue weighted by Crippen LogP contribution is -2.22. The van der Waals surface area contributed by atoms with Crippen LogP contribution in [0.5, 0.6) is 0 Å². The van der Waals surface area contributed by atoms with Gasteiger partial charge in [-0.2, -0.15) is 18.3 Å². The maximum absolute atomic E-state index is 12.3. The molecule has 0 spiro atoms. The fourth-order valence-electron chi connectivity index (χ4n) is 2.15. The number of rotatable bonds is 5. The average molecular weight is 306 g/mol. The van der Waals surface area contributed by atoms with Crippen molar-refractivity contribution in [2.45, 2.75) is 32.0 Å². The second kappa shape index (κ2) is 5.45. The molecule has 6 nitrogen and oxygen atoms in total. The summed E-state index contributed by atoms with van der Waals surface area (Å²) in [4.78, 5) is 11.7. The normalized spacial score (nSPS) is 16.6. The Bertz CT molecular complexity index is 537. The van der Waals surface area contributed by atoms with Crippen LogP contribution in [0.3, 0.4) is 0 Å². The summed E-state index contributed by atoms with van der Waals surface area (Å²) in [6.45, 7) is 0.570. The van der Waals surface area contributed by atoms with Crippen LogP contribution in [0.4, 0.5) is 24.8 Å². The van der Waals surface area contributed by atoms with E-state index < -0.39 is 18.7 Å². The van der Waals surface area contributed by atoms with Crippen molar-refractivity contribution in [3.05, 3.63) is 5.56 Å². The highest BCUT2D eigenvalue weighted by Gasteiger charge is 2.34. The lowest BCUT2D eigenvalue weighted by atomic mass is 10.2. The van der Waals surface area contributed by atoms with E-state index in [1.165, 1.54) is 4.68 Å². The highest BCUT2D eigenvalue weighted by atomic mass is 19.4. The molecule has 1 saturated carbocycles. The molecule has 2 rings (SSSR count). The molecule has 21 heavy (non-hydrogen) atoms. The molecule has 1 aliphatic carbocycles. The maximum Gasteiger partial charge on any atom is 0.405 e. The van der Waals surface area contributed by atoms with Crippen LogP contribution < -0.4 is 11.1 Å². The second-order valence-corrected chi connectivity index (χ2v) is 5.09. The number of aromatic nitrogens is 2. The summed E-state index contributed by atoms with van der Waals surface area (Å²) in [6.07, 6.45) is -2.40. The van der Waals surface area contributed by atoms with Gasteiger partial charge in [0, 0.05) is 0 Å². The number of carbonyl (C=O) groups excluding carboxylic acids is 1. The number of nitrogens with one attached hydrogen (secondary N) is 1. The van der Waals surface area contributed by atoms with E-state index in [0.717, 1.165) is 20.0 Å². The maximum atomic E-state index is 12.3. The van der Waals surface area contributed by atoms with E-state index in [1.54, 1.807) is 0 Å². The first-order chi connectivity index (χ1) is 9.74. The number of esters is 1. The summed E-state index contributed by atoms with van der Waals surface area (Å²) in [6, 6.07) is -0.0742. The van der Waals surface area contributed by atoms with Crippen LogP contribution in [-0.2, 0) is 4.74 Å². The zero-order chi connectivity index (χ0) is 15.8. The highest BCUT2D eigenvalue weighted by Crippen LogP contribution is 2.41. The third-order valence-electron chi connectivity index (χ3n) is 3.48. The van der Waals surface area contributed by atoms with E-state index >= 15 is 0 Å². The minimum absolute atomic E-state index is 0.0194. The van der Waals surface area contributed by atoms with E-state index in [-0.39, 0.29) is 23.2 Å². The topological polar surface area (TPSA) is 82.2 Å². The Kier molecular flexibility index (Phi) is 4.02. The standard InChI is InChI=1S/C12H17F3N4O2/c1-6(7-3-4-7)19-9(16)8(11(20)21-2)10(18-19)17-5-12(13,14)15/h6-7H,3-5,16H2,1-2H3,(H,17,18). The second-order valence-electron chi connectivity index (χ2n) is 5.09. The quantitative estimate of drug-likeness (QED) is 0.815. The molecule has 0 aliphatic heterocycles. The van der Waals surface area contributed by atoms with Crippen molar-refractivity contribution in [2.75, 3.05) is 24.7 Å². The van der Waals surface area contributed by atoms with Crippen LogP contribution in [0.25, 0.3) is 0 Å². The van der Waals surface area contributed by atoms with Crippen LogP contribution in [0.2, 0.25) is 0 Å². The Morgan fingerprint density at radius 2 is 2.19 bits per heavy atom. The van der Waals surface area contributed by atoms with Crippen molar-refractivity contribution in [1.82, 2.24) is 9.78 Å². The molecule has 0 amide bonds. The van der Waals surface area contributed by atoms with E-state index in [4.69, 9.17) is 5.73 Å². The molecule has 0 aromatic carbocycles. The van der Waals surface area contributed by atoms with Gasteiger partial charge < -0.3 is 15.8 Å². The van der Waals surface area contributed by atoms with Crippen LogP contribution in [0, 0.1) is 5.92 Å². The highest BCUT2D eigenvalue weighted by molar-refractivity contribution is 5.99. The average Bonchev–Trinajstić information content (AvgIpc) is 3.19. The first-order valence-electron chi connectivity index (χ1n) is 6.51. The van der Waals surface area contributed by atoms with E-state index in [2.05, 4.69) is 15.2 Å². The van der Waals surface area contributed by atoms with Crippen LogP contribution in [-0.4, -0.2) is 35.6 Å². The molecule has 118 valence electrons. The minimum atomic E-state index is -4.42. The molecule has 1 aromatic rings. The van der Waals surface area contributed by atoms with Crippen molar-refractivity contribution in [3.63, 3.8) is 0 Å². The lowest BCUT2D eigenvalue weighted by molar-refractivity contribution is -0.115. The predicted molar refractivity (Wildman–Crippen MR) is 70.0 cm³/mol. The third-order valence-corrected chi connectivity index (χ3v) is 3.48.